The Morgan fingerprint density at radius 2 is 1.45 bits per heavy atom. The van der Waals surface area contributed by atoms with E-state index < -0.39 is 5.60 Å². The van der Waals surface area contributed by atoms with Gasteiger partial charge in [0.1, 0.15) is 5.60 Å². The summed E-state index contributed by atoms with van der Waals surface area (Å²) in [5, 5.41) is 0. The molecule has 2 aromatic rings. The number of carbonyl (C=O) groups is 1. The Labute approximate surface area is 198 Å². The first-order valence-corrected chi connectivity index (χ1v) is 12.0. The number of hydrogen-bond acceptors (Lipinski definition) is 5. The van der Waals surface area contributed by atoms with Crippen LogP contribution in [0, 0.1) is 0 Å². The SMILES string of the molecule is CC(CN)c1ccc(C2CN(C(=O)OC(C)(C)C)CCN2c2ccc(C(C)CN)cc2)cc1. The molecule has 0 aliphatic carbocycles. The van der Waals surface area contributed by atoms with Crippen molar-refractivity contribution in [1.82, 2.24) is 4.90 Å². The number of nitrogens with two attached hydrogens (primary N) is 2. The van der Waals surface area contributed by atoms with Crippen LogP contribution in [0.4, 0.5) is 10.5 Å². The van der Waals surface area contributed by atoms with Crippen molar-refractivity contribution in [2.45, 2.75) is 58.1 Å². The lowest BCUT2D eigenvalue weighted by molar-refractivity contribution is 0.0214. The van der Waals surface area contributed by atoms with Crippen LogP contribution >= 0.6 is 0 Å². The van der Waals surface area contributed by atoms with Gasteiger partial charge >= 0.3 is 6.09 Å². The summed E-state index contributed by atoms with van der Waals surface area (Å²) in [6.45, 7) is 13.2. The molecule has 1 amide bonds. The van der Waals surface area contributed by atoms with Gasteiger partial charge < -0.3 is 26.0 Å². The quantitative estimate of drug-likeness (QED) is 0.669. The summed E-state index contributed by atoms with van der Waals surface area (Å²) in [6, 6.07) is 17.3. The number of ether oxygens (including phenoxy) is 1. The highest BCUT2D eigenvalue weighted by Gasteiger charge is 2.33. The van der Waals surface area contributed by atoms with Crippen molar-refractivity contribution in [2.75, 3.05) is 37.6 Å². The van der Waals surface area contributed by atoms with Gasteiger partial charge in [0.25, 0.3) is 0 Å². The van der Waals surface area contributed by atoms with Gasteiger partial charge in [-0.3, -0.25) is 0 Å². The largest absolute Gasteiger partial charge is 0.444 e. The summed E-state index contributed by atoms with van der Waals surface area (Å²) in [6.07, 6.45) is -0.257. The second kappa shape index (κ2) is 10.6. The van der Waals surface area contributed by atoms with E-state index in [4.69, 9.17) is 16.2 Å². The van der Waals surface area contributed by atoms with Crippen LogP contribution in [-0.2, 0) is 4.74 Å². The summed E-state index contributed by atoms with van der Waals surface area (Å²) in [5.41, 5.74) is 16.0. The van der Waals surface area contributed by atoms with Crippen LogP contribution in [0.15, 0.2) is 48.5 Å². The molecule has 0 spiro atoms. The highest BCUT2D eigenvalue weighted by molar-refractivity contribution is 5.69. The Morgan fingerprint density at radius 1 is 0.939 bits per heavy atom. The third-order valence-corrected chi connectivity index (χ3v) is 6.42. The van der Waals surface area contributed by atoms with Gasteiger partial charge in [-0.05, 0) is 74.5 Å². The van der Waals surface area contributed by atoms with Crippen molar-refractivity contribution in [1.29, 1.82) is 0 Å². The molecular weight excluding hydrogens is 412 g/mol. The maximum absolute atomic E-state index is 12.8. The van der Waals surface area contributed by atoms with Crippen molar-refractivity contribution in [2.24, 2.45) is 11.5 Å². The van der Waals surface area contributed by atoms with Crippen molar-refractivity contribution in [3.63, 3.8) is 0 Å². The van der Waals surface area contributed by atoms with Crippen molar-refractivity contribution < 1.29 is 9.53 Å². The molecule has 180 valence electrons. The fourth-order valence-corrected chi connectivity index (χ4v) is 4.18. The lowest BCUT2D eigenvalue weighted by Crippen LogP contribution is -2.51. The summed E-state index contributed by atoms with van der Waals surface area (Å²) in [4.78, 5) is 17.0. The van der Waals surface area contributed by atoms with E-state index in [1.165, 1.54) is 16.7 Å². The minimum atomic E-state index is -0.515. The topological polar surface area (TPSA) is 84.8 Å². The molecule has 0 radical (unpaired) electrons. The molecule has 33 heavy (non-hydrogen) atoms. The van der Waals surface area contributed by atoms with Gasteiger partial charge in [0.15, 0.2) is 0 Å². The molecule has 1 saturated heterocycles. The Bertz CT molecular complexity index is 905. The average Bonchev–Trinajstić information content (AvgIpc) is 2.81. The molecule has 2 aromatic carbocycles. The zero-order chi connectivity index (χ0) is 24.2. The van der Waals surface area contributed by atoms with Gasteiger partial charge in [0.2, 0.25) is 0 Å². The van der Waals surface area contributed by atoms with Gasteiger partial charge in [-0.25, -0.2) is 4.79 Å². The number of anilines is 1. The molecule has 0 aromatic heterocycles. The molecule has 1 aliphatic rings. The second-order valence-electron chi connectivity index (χ2n) is 10.2. The molecule has 1 aliphatic heterocycles. The monoisotopic (exact) mass is 452 g/mol. The number of nitrogens with zero attached hydrogens (tertiary/aromatic N) is 2. The number of amides is 1. The van der Waals surface area contributed by atoms with Crippen molar-refractivity contribution >= 4 is 11.8 Å². The zero-order valence-corrected chi connectivity index (χ0v) is 20.8. The number of carbonyl (C=O) groups excluding carboxylic acids is 1. The van der Waals surface area contributed by atoms with Gasteiger partial charge in [0, 0.05) is 25.3 Å². The van der Waals surface area contributed by atoms with E-state index in [2.05, 4.69) is 67.3 Å². The molecule has 3 rings (SSSR count). The molecule has 4 N–H and O–H groups in total. The van der Waals surface area contributed by atoms with Crippen LogP contribution in [-0.4, -0.2) is 49.3 Å². The lowest BCUT2D eigenvalue weighted by Gasteiger charge is -2.43. The van der Waals surface area contributed by atoms with E-state index in [9.17, 15) is 4.79 Å². The molecule has 0 bridgehead atoms. The Kier molecular flexibility index (Phi) is 8.03. The number of hydrogen-bond donors (Lipinski definition) is 2. The van der Waals surface area contributed by atoms with Crippen LogP contribution in [0.5, 0.6) is 0 Å². The van der Waals surface area contributed by atoms with Gasteiger partial charge in [-0.2, -0.15) is 0 Å². The lowest BCUT2D eigenvalue weighted by atomic mass is 9.95. The van der Waals surface area contributed by atoms with E-state index in [1.807, 2.05) is 25.7 Å². The van der Waals surface area contributed by atoms with Crippen LogP contribution < -0.4 is 16.4 Å². The third kappa shape index (κ3) is 6.27. The molecule has 0 saturated carbocycles. The molecule has 3 unspecified atom stereocenters. The molecule has 1 fully saturated rings. The summed E-state index contributed by atoms with van der Waals surface area (Å²) in [7, 11) is 0. The van der Waals surface area contributed by atoms with E-state index >= 15 is 0 Å². The van der Waals surface area contributed by atoms with Crippen molar-refractivity contribution in [3.8, 4) is 0 Å². The van der Waals surface area contributed by atoms with Crippen molar-refractivity contribution in [3.05, 3.63) is 65.2 Å². The highest BCUT2D eigenvalue weighted by atomic mass is 16.6. The normalized spacial score (nSPS) is 18.7. The minimum absolute atomic E-state index is 0.0336. The number of rotatable bonds is 6. The van der Waals surface area contributed by atoms with Crippen LogP contribution in [0.3, 0.4) is 0 Å². The summed E-state index contributed by atoms with van der Waals surface area (Å²) in [5.74, 6) is 0.646. The van der Waals surface area contributed by atoms with Crippen LogP contribution in [0.2, 0.25) is 0 Å². The molecule has 6 heteroatoms. The Balaban J connectivity index is 1.89. The van der Waals surface area contributed by atoms with Gasteiger partial charge in [0.05, 0.1) is 6.04 Å². The highest BCUT2D eigenvalue weighted by Crippen LogP contribution is 2.33. The number of benzene rings is 2. The fourth-order valence-electron chi connectivity index (χ4n) is 4.18. The van der Waals surface area contributed by atoms with E-state index in [0.29, 0.717) is 38.0 Å². The molecule has 6 nitrogen and oxygen atoms in total. The predicted molar refractivity (Wildman–Crippen MR) is 136 cm³/mol. The number of piperazine rings is 1. The second-order valence-corrected chi connectivity index (χ2v) is 10.2. The first-order chi connectivity index (χ1) is 15.6. The Hall–Kier alpha value is -2.57. The smallest absolute Gasteiger partial charge is 0.410 e. The van der Waals surface area contributed by atoms with Crippen LogP contribution in [0.1, 0.15) is 69.2 Å². The van der Waals surface area contributed by atoms with Crippen LogP contribution in [0.25, 0.3) is 0 Å². The Morgan fingerprint density at radius 3 is 1.94 bits per heavy atom. The van der Waals surface area contributed by atoms with E-state index in [0.717, 1.165) is 12.2 Å². The summed E-state index contributed by atoms with van der Waals surface area (Å²) < 4.78 is 5.66. The third-order valence-electron chi connectivity index (χ3n) is 6.42. The molecule has 1 heterocycles. The minimum Gasteiger partial charge on any atom is -0.444 e. The zero-order valence-electron chi connectivity index (χ0n) is 20.8. The van der Waals surface area contributed by atoms with E-state index in [1.54, 1.807) is 0 Å². The van der Waals surface area contributed by atoms with E-state index in [-0.39, 0.29) is 12.1 Å². The maximum Gasteiger partial charge on any atom is 0.410 e. The van der Waals surface area contributed by atoms with Gasteiger partial charge in [-0.1, -0.05) is 50.2 Å². The van der Waals surface area contributed by atoms with Gasteiger partial charge in [-0.15, -0.1) is 0 Å². The fraction of sp³-hybridized carbons (Fsp3) is 0.519. The summed E-state index contributed by atoms with van der Waals surface area (Å²) >= 11 is 0. The predicted octanol–water partition coefficient (Wildman–Crippen LogP) is 4.61. The molecular formula is C27H40N4O2. The first kappa shape index (κ1) is 25.1. The average molecular weight is 453 g/mol. The first-order valence-electron chi connectivity index (χ1n) is 12.0. The maximum atomic E-state index is 12.8. The molecule has 3 atom stereocenters. The standard InChI is InChI=1S/C27H40N4O2/c1-19(16-28)21-6-8-23(9-7-21)25-18-30(26(32)33-27(3,4)5)14-15-31(25)24-12-10-22(11-13-24)20(2)17-29/h6-13,19-20,25H,14-18,28-29H2,1-5H3.